The molecule has 1 atom stereocenters. The van der Waals surface area contributed by atoms with Crippen LogP contribution in [-0.4, -0.2) is 37.7 Å². The van der Waals surface area contributed by atoms with Crippen LogP contribution >= 0.6 is 0 Å². The fourth-order valence-corrected chi connectivity index (χ4v) is 3.45. The van der Waals surface area contributed by atoms with E-state index in [-0.39, 0.29) is 18.4 Å². The first-order chi connectivity index (χ1) is 16.6. The number of carbonyl (C=O) groups is 2. The number of rotatable bonds is 8. The minimum absolute atomic E-state index is 0.0797. The molecule has 176 valence electrons. The molecule has 1 aliphatic rings. The van der Waals surface area contributed by atoms with Crippen LogP contribution in [-0.2, 0) is 4.79 Å². The molecule has 0 aromatic heterocycles. The predicted molar refractivity (Wildman–Crippen MR) is 128 cm³/mol. The van der Waals surface area contributed by atoms with Gasteiger partial charge in [-0.1, -0.05) is 30.3 Å². The number of ether oxygens (including phenoxy) is 4. The van der Waals surface area contributed by atoms with Gasteiger partial charge in [-0.05, 0) is 38.1 Å². The normalized spacial score (nSPS) is 14.1. The lowest BCUT2D eigenvalue weighted by molar-refractivity contribution is -0.125. The van der Waals surface area contributed by atoms with Crippen LogP contribution in [0.25, 0.3) is 0 Å². The average Bonchev–Trinajstić information content (AvgIpc) is 2.86. The number of fused-ring (bicyclic) bond motifs is 1. The van der Waals surface area contributed by atoms with Gasteiger partial charge < -0.3 is 29.6 Å². The summed E-state index contributed by atoms with van der Waals surface area (Å²) in [6.07, 6.45) is -0.836. The molecule has 2 N–H and O–H groups in total. The lowest BCUT2D eigenvalue weighted by Gasteiger charge is -2.26. The quantitative estimate of drug-likeness (QED) is 0.511. The van der Waals surface area contributed by atoms with E-state index in [0.29, 0.717) is 53.2 Å². The minimum Gasteiger partial charge on any atom is -0.492 e. The summed E-state index contributed by atoms with van der Waals surface area (Å²) in [5, 5.41) is 5.71. The van der Waals surface area contributed by atoms with Gasteiger partial charge in [-0.15, -0.1) is 0 Å². The Kier molecular flexibility index (Phi) is 7.17. The second kappa shape index (κ2) is 10.6. The Hall–Kier alpha value is -4.20. The molecule has 0 bridgehead atoms. The van der Waals surface area contributed by atoms with Gasteiger partial charge in [-0.3, -0.25) is 9.59 Å². The third-order valence-corrected chi connectivity index (χ3v) is 5.02. The minimum atomic E-state index is -0.836. The van der Waals surface area contributed by atoms with Crippen LogP contribution in [0.5, 0.6) is 23.0 Å². The monoisotopic (exact) mass is 462 g/mol. The summed E-state index contributed by atoms with van der Waals surface area (Å²) >= 11 is 0. The van der Waals surface area contributed by atoms with Crippen molar-refractivity contribution >= 4 is 23.2 Å². The third kappa shape index (κ3) is 5.23. The summed E-state index contributed by atoms with van der Waals surface area (Å²) in [6, 6.07) is 19.3. The standard InChI is InChI=1S/C26H26N2O6/c1-3-31-22-15-19(28-26(30)24-16-33-20-12-8-9-13-21(20)34-24)23(32-4-2)14-18(22)27-25(29)17-10-6-5-7-11-17/h5-15,24H,3-4,16H2,1-2H3,(H,27,29)(H,28,30). The SMILES string of the molecule is CCOc1cc(NC(=O)C2COc3ccccc3O2)c(OCC)cc1NC(=O)c1ccccc1. The second-order valence-electron chi connectivity index (χ2n) is 7.38. The Morgan fingerprint density at radius 1 is 0.853 bits per heavy atom. The van der Waals surface area contributed by atoms with Gasteiger partial charge in [-0.25, -0.2) is 0 Å². The Labute approximate surface area is 197 Å². The van der Waals surface area contributed by atoms with Crippen LogP contribution < -0.4 is 29.6 Å². The summed E-state index contributed by atoms with van der Waals surface area (Å²) in [5.41, 5.74) is 1.34. The number of carbonyl (C=O) groups excluding carboxylic acids is 2. The molecule has 3 aromatic rings. The first-order valence-electron chi connectivity index (χ1n) is 11.1. The maximum atomic E-state index is 13.0. The molecule has 34 heavy (non-hydrogen) atoms. The molecule has 8 heteroatoms. The van der Waals surface area contributed by atoms with Crippen LogP contribution in [0.3, 0.4) is 0 Å². The van der Waals surface area contributed by atoms with Crippen LogP contribution in [0, 0.1) is 0 Å². The lowest BCUT2D eigenvalue weighted by Crippen LogP contribution is -2.40. The second-order valence-corrected chi connectivity index (χ2v) is 7.38. The maximum Gasteiger partial charge on any atom is 0.269 e. The summed E-state index contributed by atoms with van der Waals surface area (Å²) < 4.78 is 22.9. The molecule has 3 aromatic carbocycles. The molecule has 0 radical (unpaired) electrons. The molecule has 2 amide bonds. The highest BCUT2D eigenvalue weighted by molar-refractivity contribution is 6.05. The highest BCUT2D eigenvalue weighted by atomic mass is 16.6. The largest absolute Gasteiger partial charge is 0.492 e. The molecule has 8 nitrogen and oxygen atoms in total. The van der Waals surface area contributed by atoms with Crippen molar-refractivity contribution in [1.29, 1.82) is 0 Å². The van der Waals surface area contributed by atoms with Gasteiger partial charge in [0.15, 0.2) is 11.5 Å². The number of hydrogen-bond donors (Lipinski definition) is 2. The van der Waals surface area contributed by atoms with E-state index < -0.39 is 6.10 Å². The van der Waals surface area contributed by atoms with Gasteiger partial charge in [0.05, 0.1) is 24.6 Å². The van der Waals surface area contributed by atoms with Crippen LogP contribution in [0.15, 0.2) is 66.7 Å². The van der Waals surface area contributed by atoms with Crippen LogP contribution in [0.4, 0.5) is 11.4 Å². The van der Waals surface area contributed by atoms with Crippen molar-refractivity contribution in [3.63, 3.8) is 0 Å². The topological polar surface area (TPSA) is 95.1 Å². The van der Waals surface area contributed by atoms with E-state index in [1.54, 1.807) is 48.5 Å². The zero-order chi connectivity index (χ0) is 23.9. The van der Waals surface area contributed by atoms with E-state index in [1.807, 2.05) is 32.0 Å². The molecule has 0 saturated carbocycles. The first kappa shape index (κ1) is 23.0. The molecule has 1 heterocycles. The lowest BCUT2D eigenvalue weighted by atomic mass is 10.2. The molecular weight excluding hydrogens is 436 g/mol. The smallest absolute Gasteiger partial charge is 0.269 e. The van der Waals surface area contributed by atoms with Crippen molar-refractivity contribution in [2.45, 2.75) is 20.0 Å². The first-order valence-corrected chi connectivity index (χ1v) is 11.1. The molecule has 0 fully saturated rings. The van der Waals surface area contributed by atoms with E-state index >= 15 is 0 Å². The Bertz CT molecular complexity index is 1170. The van der Waals surface area contributed by atoms with E-state index in [4.69, 9.17) is 18.9 Å². The summed E-state index contributed by atoms with van der Waals surface area (Å²) in [5.74, 6) is 1.22. The molecule has 4 rings (SSSR count). The molecule has 0 aliphatic carbocycles. The van der Waals surface area contributed by atoms with E-state index in [1.165, 1.54) is 0 Å². The van der Waals surface area contributed by atoms with Crippen molar-refractivity contribution in [2.24, 2.45) is 0 Å². The highest BCUT2D eigenvalue weighted by Crippen LogP contribution is 2.38. The zero-order valence-corrected chi connectivity index (χ0v) is 19.0. The summed E-state index contributed by atoms with van der Waals surface area (Å²) in [4.78, 5) is 25.7. The van der Waals surface area contributed by atoms with Crippen LogP contribution in [0.1, 0.15) is 24.2 Å². The van der Waals surface area contributed by atoms with Gasteiger partial charge in [-0.2, -0.15) is 0 Å². The number of para-hydroxylation sites is 2. The van der Waals surface area contributed by atoms with E-state index in [9.17, 15) is 9.59 Å². The Morgan fingerprint density at radius 2 is 1.44 bits per heavy atom. The van der Waals surface area contributed by atoms with Crippen molar-refractivity contribution in [1.82, 2.24) is 0 Å². The maximum absolute atomic E-state index is 13.0. The van der Waals surface area contributed by atoms with Crippen molar-refractivity contribution in [3.05, 3.63) is 72.3 Å². The number of anilines is 2. The summed E-state index contributed by atoms with van der Waals surface area (Å²) in [6.45, 7) is 4.48. The Morgan fingerprint density at radius 3 is 2.09 bits per heavy atom. The number of amides is 2. The van der Waals surface area contributed by atoms with Crippen molar-refractivity contribution < 1.29 is 28.5 Å². The van der Waals surface area contributed by atoms with Crippen LogP contribution in [0.2, 0.25) is 0 Å². The molecular formula is C26H26N2O6. The van der Waals surface area contributed by atoms with Gasteiger partial charge in [0.2, 0.25) is 6.10 Å². The number of hydrogen-bond acceptors (Lipinski definition) is 6. The molecule has 0 saturated heterocycles. The molecule has 1 unspecified atom stereocenters. The average molecular weight is 463 g/mol. The number of benzene rings is 3. The highest BCUT2D eigenvalue weighted by Gasteiger charge is 2.28. The van der Waals surface area contributed by atoms with Gasteiger partial charge in [0.1, 0.15) is 18.1 Å². The summed E-state index contributed by atoms with van der Waals surface area (Å²) in [7, 11) is 0. The van der Waals surface area contributed by atoms with Gasteiger partial charge >= 0.3 is 0 Å². The fourth-order valence-electron chi connectivity index (χ4n) is 3.45. The van der Waals surface area contributed by atoms with E-state index in [0.717, 1.165) is 0 Å². The van der Waals surface area contributed by atoms with Gasteiger partial charge in [0, 0.05) is 17.7 Å². The Balaban J connectivity index is 1.57. The van der Waals surface area contributed by atoms with Crippen molar-refractivity contribution in [3.8, 4) is 23.0 Å². The zero-order valence-electron chi connectivity index (χ0n) is 19.0. The molecule has 0 spiro atoms. The number of nitrogens with one attached hydrogen (secondary N) is 2. The van der Waals surface area contributed by atoms with Crippen molar-refractivity contribution in [2.75, 3.05) is 30.5 Å². The van der Waals surface area contributed by atoms with Gasteiger partial charge in [0.25, 0.3) is 11.8 Å². The fraction of sp³-hybridized carbons (Fsp3) is 0.231. The predicted octanol–water partition coefficient (Wildman–Crippen LogP) is 4.51. The van der Waals surface area contributed by atoms with E-state index in [2.05, 4.69) is 10.6 Å². The third-order valence-electron chi connectivity index (χ3n) is 5.02. The molecule has 1 aliphatic heterocycles.